The zero-order chi connectivity index (χ0) is 16.7. The van der Waals surface area contributed by atoms with Gasteiger partial charge in [-0.25, -0.2) is 0 Å². The fourth-order valence-electron chi connectivity index (χ4n) is 2.59. The SMILES string of the molecule is Cc1ccc(CN(CCN)CCc2ccccc2)cc1[N+](=O)[O-].Cl. The van der Waals surface area contributed by atoms with Crippen molar-refractivity contribution in [3.63, 3.8) is 0 Å². The van der Waals surface area contributed by atoms with E-state index in [0.717, 1.165) is 25.1 Å². The summed E-state index contributed by atoms with van der Waals surface area (Å²) in [7, 11) is 0. The number of benzene rings is 2. The Bertz CT molecular complexity index is 650. The Morgan fingerprint density at radius 1 is 1.08 bits per heavy atom. The van der Waals surface area contributed by atoms with Gasteiger partial charge in [0, 0.05) is 37.8 Å². The predicted octanol–water partition coefficient (Wildman–Crippen LogP) is 3.33. The van der Waals surface area contributed by atoms with Crippen LogP contribution in [0.25, 0.3) is 0 Å². The molecule has 0 bridgehead atoms. The Morgan fingerprint density at radius 2 is 1.79 bits per heavy atom. The van der Waals surface area contributed by atoms with Crippen LogP contribution in [0.4, 0.5) is 5.69 Å². The Morgan fingerprint density at radius 3 is 2.42 bits per heavy atom. The summed E-state index contributed by atoms with van der Waals surface area (Å²) < 4.78 is 0. The van der Waals surface area contributed by atoms with E-state index in [-0.39, 0.29) is 23.0 Å². The fourth-order valence-corrected chi connectivity index (χ4v) is 2.59. The molecule has 2 rings (SSSR count). The number of nitro benzene ring substituents is 1. The van der Waals surface area contributed by atoms with Crippen LogP contribution in [0, 0.1) is 17.0 Å². The molecular weight excluding hydrogens is 326 g/mol. The van der Waals surface area contributed by atoms with Crippen LogP contribution in [0.5, 0.6) is 0 Å². The van der Waals surface area contributed by atoms with Crippen molar-refractivity contribution in [3.05, 3.63) is 75.3 Å². The van der Waals surface area contributed by atoms with Crippen LogP contribution in [0.1, 0.15) is 16.7 Å². The number of nitrogens with zero attached hydrogens (tertiary/aromatic N) is 2. The van der Waals surface area contributed by atoms with Gasteiger partial charge >= 0.3 is 0 Å². The lowest BCUT2D eigenvalue weighted by molar-refractivity contribution is -0.385. The Labute approximate surface area is 149 Å². The zero-order valence-corrected chi connectivity index (χ0v) is 14.7. The van der Waals surface area contributed by atoms with Crippen molar-refractivity contribution < 1.29 is 4.92 Å². The lowest BCUT2D eigenvalue weighted by Gasteiger charge is -2.21. The summed E-state index contributed by atoms with van der Waals surface area (Å²) in [6, 6.07) is 15.7. The molecule has 6 heteroatoms. The third-order valence-corrected chi connectivity index (χ3v) is 3.88. The van der Waals surface area contributed by atoms with Gasteiger partial charge in [-0.3, -0.25) is 15.0 Å². The standard InChI is InChI=1S/C18H23N3O2.ClH/c1-15-7-8-17(13-18(15)21(22)23)14-20(12-10-19)11-9-16-5-3-2-4-6-16;/h2-8,13H,9-12,14,19H2,1H3;1H. The molecule has 0 aromatic heterocycles. The first-order chi connectivity index (χ1) is 11.1. The molecule has 0 heterocycles. The maximum absolute atomic E-state index is 11.1. The van der Waals surface area contributed by atoms with Crippen LogP contribution in [0.3, 0.4) is 0 Å². The van der Waals surface area contributed by atoms with Crippen LogP contribution in [0.15, 0.2) is 48.5 Å². The smallest absolute Gasteiger partial charge is 0.272 e. The molecule has 0 amide bonds. The van der Waals surface area contributed by atoms with Gasteiger partial charge in [-0.2, -0.15) is 0 Å². The number of nitro groups is 1. The molecule has 0 atom stereocenters. The number of nitrogens with two attached hydrogens (primary N) is 1. The molecule has 0 saturated carbocycles. The molecule has 0 spiro atoms. The second-order valence-corrected chi connectivity index (χ2v) is 5.68. The molecule has 0 radical (unpaired) electrons. The average molecular weight is 350 g/mol. The van der Waals surface area contributed by atoms with Crippen molar-refractivity contribution in [2.24, 2.45) is 5.73 Å². The fraction of sp³-hybridized carbons (Fsp3) is 0.333. The number of hydrogen-bond donors (Lipinski definition) is 1. The Hall–Kier alpha value is -1.95. The van der Waals surface area contributed by atoms with E-state index < -0.39 is 0 Å². The summed E-state index contributed by atoms with van der Waals surface area (Å²) in [5.41, 5.74) is 8.80. The largest absolute Gasteiger partial charge is 0.329 e. The first-order valence-electron chi connectivity index (χ1n) is 7.80. The molecule has 0 saturated heterocycles. The normalized spacial score (nSPS) is 10.5. The molecule has 2 aromatic carbocycles. The van der Waals surface area contributed by atoms with Gasteiger partial charge in [0.05, 0.1) is 4.92 Å². The molecule has 5 nitrogen and oxygen atoms in total. The van der Waals surface area contributed by atoms with Crippen LogP contribution < -0.4 is 5.73 Å². The van der Waals surface area contributed by atoms with Crippen LogP contribution in [0.2, 0.25) is 0 Å². The van der Waals surface area contributed by atoms with Crippen molar-refractivity contribution in [2.75, 3.05) is 19.6 Å². The van der Waals surface area contributed by atoms with Gasteiger partial charge in [-0.05, 0) is 24.5 Å². The third-order valence-electron chi connectivity index (χ3n) is 3.88. The van der Waals surface area contributed by atoms with Gasteiger partial charge in [0.1, 0.15) is 0 Å². The van der Waals surface area contributed by atoms with E-state index in [1.807, 2.05) is 30.3 Å². The van der Waals surface area contributed by atoms with Gasteiger partial charge in [-0.1, -0.05) is 42.5 Å². The van der Waals surface area contributed by atoms with E-state index in [1.165, 1.54) is 5.56 Å². The quantitative estimate of drug-likeness (QED) is 0.586. The van der Waals surface area contributed by atoms with Crippen molar-refractivity contribution in [2.45, 2.75) is 19.9 Å². The lowest BCUT2D eigenvalue weighted by atomic mass is 10.1. The minimum atomic E-state index is -0.323. The maximum atomic E-state index is 11.1. The highest BCUT2D eigenvalue weighted by Gasteiger charge is 2.13. The van der Waals surface area contributed by atoms with Crippen molar-refractivity contribution in [3.8, 4) is 0 Å². The molecule has 0 aliphatic heterocycles. The van der Waals surface area contributed by atoms with E-state index in [4.69, 9.17) is 5.73 Å². The highest BCUT2D eigenvalue weighted by Crippen LogP contribution is 2.20. The highest BCUT2D eigenvalue weighted by atomic mass is 35.5. The summed E-state index contributed by atoms with van der Waals surface area (Å²) in [6.45, 7) is 4.65. The zero-order valence-electron chi connectivity index (χ0n) is 13.9. The van der Waals surface area contributed by atoms with Gasteiger partial charge in [0.15, 0.2) is 0 Å². The van der Waals surface area contributed by atoms with E-state index in [0.29, 0.717) is 18.7 Å². The molecule has 0 aliphatic rings. The van der Waals surface area contributed by atoms with Crippen molar-refractivity contribution >= 4 is 18.1 Å². The summed E-state index contributed by atoms with van der Waals surface area (Å²) >= 11 is 0. The van der Waals surface area contributed by atoms with Crippen LogP contribution in [-0.2, 0) is 13.0 Å². The second kappa shape index (κ2) is 10.0. The molecular formula is C18H24ClN3O2. The molecule has 0 unspecified atom stereocenters. The molecule has 2 aromatic rings. The second-order valence-electron chi connectivity index (χ2n) is 5.68. The highest BCUT2D eigenvalue weighted by molar-refractivity contribution is 5.85. The molecule has 24 heavy (non-hydrogen) atoms. The topological polar surface area (TPSA) is 72.4 Å². The summed E-state index contributed by atoms with van der Waals surface area (Å²) in [4.78, 5) is 13.0. The van der Waals surface area contributed by atoms with Gasteiger partial charge in [-0.15, -0.1) is 12.4 Å². The lowest BCUT2D eigenvalue weighted by Crippen LogP contribution is -2.31. The maximum Gasteiger partial charge on any atom is 0.272 e. The monoisotopic (exact) mass is 349 g/mol. The van der Waals surface area contributed by atoms with Crippen molar-refractivity contribution in [1.29, 1.82) is 0 Å². The van der Waals surface area contributed by atoms with Crippen molar-refractivity contribution in [1.82, 2.24) is 4.90 Å². The number of rotatable bonds is 8. The van der Waals surface area contributed by atoms with Crippen LogP contribution in [-0.4, -0.2) is 29.5 Å². The summed E-state index contributed by atoms with van der Waals surface area (Å²) in [5, 5.41) is 11.1. The molecule has 130 valence electrons. The third kappa shape index (κ3) is 5.92. The summed E-state index contributed by atoms with van der Waals surface area (Å²) in [5.74, 6) is 0. The van der Waals surface area contributed by atoms with Gasteiger partial charge in [0.2, 0.25) is 0 Å². The first-order valence-corrected chi connectivity index (χ1v) is 7.80. The van der Waals surface area contributed by atoms with Gasteiger partial charge < -0.3 is 5.73 Å². The van der Waals surface area contributed by atoms with Gasteiger partial charge in [0.25, 0.3) is 5.69 Å². The molecule has 0 aliphatic carbocycles. The number of halogens is 1. The minimum absolute atomic E-state index is 0. The summed E-state index contributed by atoms with van der Waals surface area (Å²) in [6.07, 6.45) is 0.939. The first kappa shape index (κ1) is 20.1. The van der Waals surface area contributed by atoms with E-state index in [2.05, 4.69) is 17.0 Å². The van der Waals surface area contributed by atoms with E-state index in [9.17, 15) is 10.1 Å². The van der Waals surface area contributed by atoms with Crippen LogP contribution >= 0.6 is 12.4 Å². The van der Waals surface area contributed by atoms with E-state index in [1.54, 1.807) is 13.0 Å². The average Bonchev–Trinajstić information content (AvgIpc) is 2.55. The predicted molar refractivity (Wildman–Crippen MR) is 99.6 cm³/mol. The number of hydrogen-bond acceptors (Lipinski definition) is 4. The Balaban J connectivity index is 0.00000288. The molecule has 2 N–H and O–H groups in total. The van der Waals surface area contributed by atoms with E-state index >= 15 is 0 Å². The molecule has 0 fully saturated rings. The minimum Gasteiger partial charge on any atom is -0.329 e. The Kier molecular flexibility index (Phi) is 8.40. The number of aryl methyl sites for hydroxylation is 1.